The molecule has 0 aliphatic heterocycles. The normalized spacial score (nSPS) is 32.6. The summed E-state index contributed by atoms with van der Waals surface area (Å²) >= 11 is 3.44. The van der Waals surface area contributed by atoms with Gasteiger partial charge >= 0.3 is 0 Å². The lowest BCUT2D eigenvalue weighted by Gasteiger charge is -2.27. The van der Waals surface area contributed by atoms with Crippen LogP contribution in [0.3, 0.4) is 0 Å². The second-order valence-electron chi connectivity index (χ2n) is 5.88. The van der Waals surface area contributed by atoms with Gasteiger partial charge in [0.2, 0.25) is 5.91 Å². The summed E-state index contributed by atoms with van der Waals surface area (Å²) in [4.78, 5) is 12.5. The summed E-state index contributed by atoms with van der Waals surface area (Å²) in [6.07, 6.45) is 3.50. The minimum Gasteiger partial charge on any atom is -0.327 e. The number of nitrogens with one attached hydrogen (secondary N) is 1. The predicted molar refractivity (Wildman–Crippen MR) is 79.8 cm³/mol. The Morgan fingerprint density at radius 1 is 1.37 bits per heavy atom. The Morgan fingerprint density at radius 2 is 2.11 bits per heavy atom. The highest BCUT2D eigenvalue weighted by atomic mass is 79.9. The van der Waals surface area contributed by atoms with E-state index in [4.69, 9.17) is 5.73 Å². The van der Waals surface area contributed by atoms with E-state index in [1.54, 1.807) is 0 Å². The Morgan fingerprint density at radius 3 is 2.79 bits per heavy atom. The lowest BCUT2D eigenvalue weighted by molar-refractivity contribution is -0.121. The van der Waals surface area contributed by atoms with E-state index in [0.717, 1.165) is 28.6 Å². The monoisotopic (exact) mass is 322 g/mol. The molecule has 0 spiro atoms. The first-order valence-electron chi connectivity index (χ1n) is 6.89. The highest BCUT2D eigenvalue weighted by Gasteiger charge is 2.49. The molecule has 0 radical (unpaired) electrons. The fourth-order valence-corrected chi connectivity index (χ4v) is 4.03. The van der Waals surface area contributed by atoms with Crippen LogP contribution in [0.25, 0.3) is 0 Å². The third-order valence-corrected chi connectivity index (χ3v) is 5.23. The lowest BCUT2D eigenvalue weighted by Crippen LogP contribution is -2.42. The number of rotatable bonds is 2. The molecule has 4 heteroatoms. The minimum absolute atomic E-state index is 0.00266. The number of hydrogen-bond acceptors (Lipinski definition) is 2. The third kappa shape index (κ3) is 2.32. The van der Waals surface area contributed by atoms with Crippen molar-refractivity contribution in [3.05, 3.63) is 28.2 Å². The summed E-state index contributed by atoms with van der Waals surface area (Å²) in [5.74, 6) is 1.15. The molecule has 0 heterocycles. The maximum Gasteiger partial charge on any atom is 0.229 e. The fourth-order valence-electron chi connectivity index (χ4n) is 3.67. The molecule has 102 valence electrons. The zero-order valence-electron chi connectivity index (χ0n) is 11.0. The van der Waals surface area contributed by atoms with Crippen molar-refractivity contribution in [1.29, 1.82) is 0 Å². The highest BCUT2D eigenvalue weighted by Crippen LogP contribution is 2.48. The maximum absolute atomic E-state index is 12.5. The number of carbonyl (C=O) groups is 1. The Balaban J connectivity index is 1.77. The summed E-state index contributed by atoms with van der Waals surface area (Å²) in [6, 6.07) is 5.98. The van der Waals surface area contributed by atoms with E-state index in [2.05, 4.69) is 21.2 Å². The first-order valence-corrected chi connectivity index (χ1v) is 7.68. The number of hydrogen-bond donors (Lipinski definition) is 2. The summed E-state index contributed by atoms with van der Waals surface area (Å²) < 4.78 is 0.977. The summed E-state index contributed by atoms with van der Waals surface area (Å²) in [5.41, 5.74) is 8.18. The number of halogens is 1. The predicted octanol–water partition coefficient (Wildman–Crippen LogP) is 3.07. The standard InChI is InChI=1S/C15H19BrN2O/c1-8-2-5-11(16)7-12(8)18-15(19)13-9-3-4-10(6-9)14(13)17/h2,5,7,9-10,13-14H,3-4,6,17H2,1H3,(H,18,19). The Bertz CT molecular complexity index is 515. The number of nitrogens with two attached hydrogens (primary N) is 1. The molecule has 2 saturated carbocycles. The molecule has 2 aliphatic carbocycles. The van der Waals surface area contributed by atoms with Crippen molar-refractivity contribution in [2.75, 3.05) is 5.32 Å². The quantitative estimate of drug-likeness (QED) is 0.879. The van der Waals surface area contributed by atoms with Crippen LogP contribution in [0, 0.1) is 24.7 Å². The van der Waals surface area contributed by atoms with E-state index in [1.165, 1.54) is 6.42 Å². The first-order chi connectivity index (χ1) is 9.06. The largest absolute Gasteiger partial charge is 0.327 e. The van der Waals surface area contributed by atoms with Crippen LogP contribution in [-0.4, -0.2) is 11.9 Å². The molecule has 0 saturated heterocycles. The van der Waals surface area contributed by atoms with E-state index in [1.807, 2.05) is 25.1 Å². The zero-order chi connectivity index (χ0) is 13.6. The molecule has 0 aromatic heterocycles. The summed E-state index contributed by atoms with van der Waals surface area (Å²) in [5, 5.41) is 3.06. The summed E-state index contributed by atoms with van der Waals surface area (Å²) in [6.45, 7) is 2.00. The highest BCUT2D eigenvalue weighted by molar-refractivity contribution is 9.10. The molecule has 3 rings (SSSR count). The van der Waals surface area contributed by atoms with Crippen molar-refractivity contribution in [1.82, 2.24) is 0 Å². The SMILES string of the molecule is Cc1ccc(Br)cc1NC(=O)C1C2CCC(C2)C1N. The molecule has 2 bridgehead atoms. The number of benzene rings is 1. The third-order valence-electron chi connectivity index (χ3n) is 4.74. The van der Waals surface area contributed by atoms with Crippen molar-refractivity contribution >= 4 is 27.5 Å². The minimum atomic E-state index is -0.00266. The van der Waals surface area contributed by atoms with Crippen LogP contribution in [-0.2, 0) is 4.79 Å². The molecule has 4 unspecified atom stereocenters. The lowest BCUT2D eigenvalue weighted by atomic mass is 9.84. The second kappa shape index (κ2) is 4.91. The van der Waals surface area contributed by atoms with Gasteiger partial charge in [-0.1, -0.05) is 22.0 Å². The summed E-state index contributed by atoms with van der Waals surface area (Å²) in [7, 11) is 0. The van der Waals surface area contributed by atoms with Crippen molar-refractivity contribution in [3.63, 3.8) is 0 Å². The molecular weight excluding hydrogens is 304 g/mol. The molecular formula is C15H19BrN2O. The van der Waals surface area contributed by atoms with Crippen LogP contribution in [0.4, 0.5) is 5.69 Å². The van der Waals surface area contributed by atoms with Gasteiger partial charge in [0.1, 0.15) is 0 Å². The van der Waals surface area contributed by atoms with Crippen LogP contribution in [0.5, 0.6) is 0 Å². The van der Waals surface area contributed by atoms with E-state index in [0.29, 0.717) is 11.8 Å². The van der Waals surface area contributed by atoms with Gasteiger partial charge in [0.05, 0.1) is 5.92 Å². The molecule has 3 N–H and O–H groups in total. The van der Waals surface area contributed by atoms with Gasteiger partial charge in [-0.2, -0.15) is 0 Å². The van der Waals surface area contributed by atoms with E-state index in [9.17, 15) is 4.79 Å². The average molecular weight is 323 g/mol. The van der Waals surface area contributed by atoms with E-state index < -0.39 is 0 Å². The Hall–Kier alpha value is -0.870. The van der Waals surface area contributed by atoms with Crippen LogP contribution >= 0.6 is 15.9 Å². The molecule has 19 heavy (non-hydrogen) atoms. The second-order valence-corrected chi connectivity index (χ2v) is 6.80. The molecule has 1 aromatic rings. The van der Waals surface area contributed by atoms with E-state index >= 15 is 0 Å². The van der Waals surface area contributed by atoms with Crippen LogP contribution < -0.4 is 11.1 Å². The number of carbonyl (C=O) groups excluding carboxylic acids is 1. The maximum atomic E-state index is 12.5. The van der Waals surface area contributed by atoms with Gasteiger partial charge in [0.15, 0.2) is 0 Å². The number of amides is 1. The van der Waals surface area contributed by atoms with Gasteiger partial charge in [-0.05, 0) is 55.7 Å². The van der Waals surface area contributed by atoms with Gasteiger partial charge in [0.25, 0.3) is 0 Å². The van der Waals surface area contributed by atoms with Crippen molar-refractivity contribution in [2.45, 2.75) is 32.2 Å². The molecule has 1 amide bonds. The number of anilines is 1. The van der Waals surface area contributed by atoms with Gasteiger partial charge in [0, 0.05) is 16.2 Å². The zero-order valence-corrected chi connectivity index (χ0v) is 12.6. The van der Waals surface area contributed by atoms with Crippen molar-refractivity contribution < 1.29 is 4.79 Å². The van der Waals surface area contributed by atoms with Crippen molar-refractivity contribution in [2.24, 2.45) is 23.5 Å². The molecule has 4 atom stereocenters. The topological polar surface area (TPSA) is 55.1 Å². The number of fused-ring (bicyclic) bond motifs is 2. The van der Waals surface area contributed by atoms with Crippen LogP contribution in [0.2, 0.25) is 0 Å². The average Bonchev–Trinajstić information content (AvgIpc) is 2.94. The van der Waals surface area contributed by atoms with Gasteiger partial charge in [-0.3, -0.25) is 4.79 Å². The fraction of sp³-hybridized carbons (Fsp3) is 0.533. The van der Waals surface area contributed by atoms with Gasteiger partial charge < -0.3 is 11.1 Å². The van der Waals surface area contributed by atoms with Gasteiger partial charge in [-0.25, -0.2) is 0 Å². The smallest absolute Gasteiger partial charge is 0.229 e. The van der Waals surface area contributed by atoms with Crippen LogP contribution in [0.15, 0.2) is 22.7 Å². The molecule has 3 nitrogen and oxygen atoms in total. The van der Waals surface area contributed by atoms with E-state index in [-0.39, 0.29) is 17.9 Å². The molecule has 2 aliphatic rings. The van der Waals surface area contributed by atoms with Crippen molar-refractivity contribution in [3.8, 4) is 0 Å². The van der Waals surface area contributed by atoms with Gasteiger partial charge in [-0.15, -0.1) is 0 Å². The molecule has 2 fully saturated rings. The first kappa shape index (κ1) is 13.1. The van der Waals surface area contributed by atoms with Crippen LogP contribution in [0.1, 0.15) is 24.8 Å². The Labute approximate surface area is 122 Å². The number of aryl methyl sites for hydroxylation is 1. The molecule has 1 aromatic carbocycles. The Kier molecular flexibility index (Phi) is 3.39.